The number of methoxy groups -OCH3 is 1. The fourth-order valence-electron chi connectivity index (χ4n) is 3.67. The molecule has 0 saturated carbocycles. The first-order valence-corrected chi connectivity index (χ1v) is 10.5. The molecule has 6 nitrogen and oxygen atoms in total. The summed E-state index contributed by atoms with van der Waals surface area (Å²) in [5.41, 5.74) is 4.47. The number of benzene rings is 1. The van der Waals surface area contributed by atoms with Gasteiger partial charge in [-0.25, -0.2) is 4.79 Å². The summed E-state index contributed by atoms with van der Waals surface area (Å²) in [7, 11) is 1.21. The smallest absolute Gasteiger partial charge is 0.413 e. The van der Waals surface area contributed by atoms with Crippen molar-refractivity contribution < 1.29 is 19.1 Å². The lowest BCUT2D eigenvalue weighted by atomic mass is 9.88. The second-order valence-electron chi connectivity index (χ2n) is 7.66. The summed E-state index contributed by atoms with van der Waals surface area (Å²) in [5.74, 6) is -0.196. The van der Waals surface area contributed by atoms with Crippen molar-refractivity contribution in [1.29, 1.82) is 0 Å². The minimum absolute atomic E-state index is 0.185. The van der Waals surface area contributed by atoms with Crippen molar-refractivity contribution >= 4 is 34.2 Å². The zero-order valence-electron chi connectivity index (χ0n) is 17.2. The van der Waals surface area contributed by atoms with Gasteiger partial charge in [0.2, 0.25) is 5.91 Å². The molecule has 1 heterocycles. The Labute approximate surface area is 174 Å². The quantitative estimate of drug-likeness (QED) is 0.786. The second kappa shape index (κ2) is 8.78. The number of carbonyl (C=O) groups is 3. The van der Waals surface area contributed by atoms with Crippen LogP contribution < -0.4 is 10.6 Å². The fourth-order valence-corrected chi connectivity index (χ4v) is 5.10. The molecule has 0 aliphatic heterocycles. The first-order chi connectivity index (χ1) is 13.8. The van der Waals surface area contributed by atoms with E-state index < -0.39 is 12.0 Å². The molecule has 0 unspecified atom stereocenters. The number of amides is 3. The van der Waals surface area contributed by atoms with Crippen LogP contribution in [0, 0.1) is 19.8 Å². The Morgan fingerprint density at radius 2 is 2.00 bits per heavy atom. The van der Waals surface area contributed by atoms with Crippen molar-refractivity contribution in [2.45, 2.75) is 46.5 Å². The number of carbonyl (C=O) groups excluding carboxylic acids is 3. The number of hydrogen-bond acceptors (Lipinski definition) is 5. The molecular formula is C22H26N2O4S. The summed E-state index contributed by atoms with van der Waals surface area (Å²) in [6, 6.07) is 5.98. The Hall–Kier alpha value is -2.67. The Morgan fingerprint density at radius 1 is 1.24 bits per heavy atom. The molecule has 0 bridgehead atoms. The number of anilines is 1. The number of nitrogens with one attached hydrogen (secondary N) is 2. The normalized spacial score (nSPS) is 15.4. The Kier molecular flexibility index (Phi) is 6.37. The lowest BCUT2D eigenvalue weighted by Crippen LogP contribution is -2.31. The van der Waals surface area contributed by atoms with Gasteiger partial charge in [-0.3, -0.25) is 14.9 Å². The molecule has 3 rings (SSSR count). The molecule has 29 heavy (non-hydrogen) atoms. The lowest BCUT2D eigenvalue weighted by Gasteiger charge is -2.18. The van der Waals surface area contributed by atoms with E-state index >= 15 is 0 Å². The van der Waals surface area contributed by atoms with Gasteiger partial charge < -0.3 is 10.1 Å². The molecule has 1 aliphatic rings. The van der Waals surface area contributed by atoms with Gasteiger partial charge in [-0.05, 0) is 55.7 Å². The average Bonchev–Trinajstić information content (AvgIpc) is 3.00. The highest BCUT2D eigenvalue weighted by Crippen LogP contribution is 2.39. The molecule has 0 spiro atoms. The van der Waals surface area contributed by atoms with Crippen LogP contribution in [0.5, 0.6) is 0 Å². The first kappa shape index (κ1) is 21.0. The highest BCUT2D eigenvalue weighted by atomic mass is 32.1. The number of thiophene rings is 1. The highest BCUT2D eigenvalue weighted by Gasteiger charge is 2.29. The van der Waals surface area contributed by atoms with Crippen LogP contribution in [-0.4, -0.2) is 25.0 Å². The van der Waals surface area contributed by atoms with E-state index in [0.717, 1.165) is 46.4 Å². The van der Waals surface area contributed by atoms with Gasteiger partial charge in [-0.2, -0.15) is 0 Å². The predicted octanol–water partition coefficient (Wildman–Crippen LogP) is 4.17. The van der Waals surface area contributed by atoms with E-state index in [1.54, 1.807) is 0 Å². The number of aryl methyl sites for hydroxylation is 2. The zero-order chi connectivity index (χ0) is 21.1. The van der Waals surface area contributed by atoms with E-state index in [1.807, 2.05) is 32.0 Å². The standard InChI is InChI=1S/C22H26N2O4S/c1-12-5-7-15(14(3)9-12)11-18(25)23-21-19(20(26)24-22(27)28-4)16-8-6-13(2)10-17(16)29-21/h5,7,9,13H,6,8,10-11H2,1-4H3,(H,23,25)(H,24,26,27)/t13-/m0/s1. The summed E-state index contributed by atoms with van der Waals surface area (Å²) in [6.07, 6.45) is 2.00. The van der Waals surface area contributed by atoms with Crippen LogP contribution in [0.3, 0.4) is 0 Å². The first-order valence-electron chi connectivity index (χ1n) is 9.68. The maximum absolute atomic E-state index is 12.7. The van der Waals surface area contributed by atoms with Gasteiger partial charge in [0.05, 0.1) is 19.1 Å². The molecule has 1 aromatic heterocycles. The van der Waals surface area contributed by atoms with Crippen molar-refractivity contribution in [2.75, 3.05) is 12.4 Å². The lowest BCUT2D eigenvalue weighted by molar-refractivity contribution is -0.115. The average molecular weight is 415 g/mol. The Balaban J connectivity index is 1.86. The maximum Gasteiger partial charge on any atom is 0.413 e. The van der Waals surface area contributed by atoms with E-state index in [-0.39, 0.29) is 12.3 Å². The zero-order valence-corrected chi connectivity index (χ0v) is 18.0. The second-order valence-corrected chi connectivity index (χ2v) is 8.76. The van der Waals surface area contributed by atoms with Crippen molar-refractivity contribution in [3.8, 4) is 0 Å². The summed E-state index contributed by atoms with van der Waals surface area (Å²) in [4.78, 5) is 38.1. The summed E-state index contributed by atoms with van der Waals surface area (Å²) in [6.45, 7) is 6.17. The Bertz CT molecular complexity index is 964. The molecule has 7 heteroatoms. The van der Waals surface area contributed by atoms with Crippen molar-refractivity contribution in [3.05, 3.63) is 50.9 Å². The van der Waals surface area contributed by atoms with Gasteiger partial charge in [-0.15, -0.1) is 11.3 Å². The van der Waals surface area contributed by atoms with Gasteiger partial charge in [0, 0.05) is 4.88 Å². The fraction of sp³-hybridized carbons (Fsp3) is 0.409. The van der Waals surface area contributed by atoms with Gasteiger partial charge in [0.25, 0.3) is 5.91 Å². The third kappa shape index (κ3) is 4.85. The van der Waals surface area contributed by atoms with Gasteiger partial charge in [0.1, 0.15) is 5.00 Å². The number of fused-ring (bicyclic) bond motifs is 1. The van der Waals surface area contributed by atoms with Crippen LogP contribution in [-0.2, 0) is 28.8 Å². The predicted molar refractivity (Wildman–Crippen MR) is 114 cm³/mol. The minimum atomic E-state index is -0.813. The number of ether oxygens (including phenoxy) is 1. The number of rotatable bonds is 4. The van der Waals surface area contributed by atoms with Gasteiger partial charge in [-0.1, -0.05) is 30.7 Å². The molecule has 0 radical (unpaired) electrons. The van der Waals surface area contributed by atoms with Gasteiger partial charge >= 0.3 is 6.09 Å². The molecule has 2 N–H and O–H groups in total. The number of hydrogen-bond donors (Lipinski definition) is 2. The molecule has 0 saturated heterocycles. The van der Waals surface area contributed by atoms with Crippen LogP contribution in [0.2, 0.25) is 0 Å². The van der Waals surface area contributed by atoms with Gasteiger partial charge in [0.15, 0.2) is 0 Å². The summed E-state index contributed by atoms with van der Waals surface area (Å²) in [5, 5.41) is 5.64. The molecule has 1 aromatic carbocycles. The molecule has 3 amide bonds. The van der Waals surface area contributed by atoms with Crippen molar-refractivity contribution in [1.82, 2.24) is 5.32 Å². The van der Waals surface area contributed by atoms with E-state index in [1.165, 1.54) is 18.4 Å². The van der Waals surface area contributed by atoms with Crippen molar-refractivity contribution in [3.63, 3.8) is 0 Å². The van der Waals surface area contributed by atoms with E-state index in [9.17, 15) is 14.4 Å². The summed E-state index contributed by atoms with van der Waals surface area (Å²) < 4.78 is 4.55. The Morgan fingerprint density at radius 3 is 2.69 bits per heavy atom. The highest BCUT2D eigenvalue weighted by molar-refractivity contribution is 7.17. The largest absolute Gasteiger partial charge is 0.453 e. The number of imide groups is 1. The molecule has 0 fully saturated rings. The molecular weight excluding hydrogens is 388 g/mol. The van der Waals surface area contributed by atoms with E-state index in [2.05, 4.69) is 22.3 Å². The van der Waals surface area contributed by atoms with E-state index in [4.69, 9.17) is 0 Å². The minimum Gasteiger partial charge on any atom is -0.453 e. The monoisotopic (exact) mass is 414 g/mol. The number of alkyl carbamates (subject to hydrolysis) is 1. The maximum atomic E-state index is 12.7. The topological polar surface area (TPSA) is 84.5 Å². The molecule has 1 atom stereocenters. The van der Waals surface area contributed by atoms with Crippen LogP contribution in [0.15, 0.2) is 18.2 Å². The van der Waals surface area contributed by atoms with Crippen LogP contribution in [0.25, 0.3) is 0 Å². The van der Waals surface area contributed by atoms with Crippen LogP contribution in [0.4, 0.5) is 9.80 Å². The molecule has 154 valence electrons. The summed E-state index contributed by atoms with van der Waals surface area (Å²) >= 11 is 1.43. The van der Waals surface area contributed by atoms with E-state index in [0.29, 0.717) is 16.5 Å². The van der Waals surface area contributed by atoms with Crippen molar-refractivity contribution in [2.24, 2.45) is 5.92 Å². The molecule has 1 aliphatic carbocycles. The third-order valence-electron chi connectivity index (χ3n) is 5.24. The third-order valence-corrected chi connectivity index (χ3v) is 6.41. The van der Waals surface area contributed by atoms with Crippen LogP contribution in [0.1, 0.15) is 50.8 Å². The van der Waals surface area contributed by atoms with Crippen LogP contribution >= 0.6 is 11.3 Å². The molecule has 2 aromatic rings. The SMILES string of the molecule is COC(=O)NC(=O)c1c(NC(=O)Cc2ccc(C)cc2C)sc2c1CC[C@H](C)C2.